The third-order valence-electron chi connectivity index (χ3n) is 3.93. The molecule has 2 heterocycles. The number of aromatic nitrogens is 4. The monoisotopic (exact) mass is 324 g/mol. The first-order valence-electron chi connectivity index (χ1n) is 7.52. The molecule has 0 unspecified atom stereocenters. The van der Waals surface area contributed by atoms with E-state index in [0.717, 1.165) is 27.8 Å². The molecule has 23 heavy (non-hydrogen) atoms. The van der Waals surface area contributed by atoms with Crippen LogP contribution in [0.15, 0.2) is 48.7 Å². The van der Waals surface area contributed by atoms with Crippen molar-refractivity contribution in [3.05, 3.63) is 54.8 Å². The van der Waals surface area contributed by atoms with Gasteiger partial charge < -0.3 is 4.98 Å². The number of allylic oxidation sites excluding steroid dienone is 1. The first-order valence-corrected chi connectivity index (χ1v) is 8.51. The maximum Gasteiger partial charge on any atom is 0.192 e. The lowest BCUT2D eigenvalue weighted by Gasteiger charge is -2.07. The molecule has 0 aliphatic rings. The van der Waals surface area contributed by atoms with Crippen molar-refractivity contribution in [3.63, 3.8) is 0 Å². The third kappa shape index (κ3) is 2.84. The van der Waals surface area contributed by atoms with Crippen molar-refractivity contribution >= 4 is 22.7 Å². The molecule has 0 aliphatic carbocycles. The molecule has 4 nitrogen and oxygen atoms in total. The molecule has 3 rings (SSSR count). The zero-order chi connectivity index (χ0) is 16.4. The molecule has 5 heteroatoms. The number of aryl methyl sites for hydroxylation is 2. The largest absolute Gasteiger partial charge is 0.358 e. The van der Waals surface area contributed by atoms with Crippen molar-refractivity contribution in [1.82, 2.24) is 19.7 Å². The van der Waals surface area contributed by atoms with Crippen LogP contribution in [0.5, 0.6) is 0 Å². The molecule has 0 aliphatic heterocycles. The number of nitrogens with one attached hydrogen (secondary N) is 1. The van der Waals surface area contributed by atoms with Crippen LogP contribution >= 0.6 is 11.8 Å². The number of H-pyrrole nitrogens is 1. The summed E-state index contributed by atoms with van der Waals surface area (Å²) in [6.45, 7) is 12.5. The molecular weight excluding hydrogens is 304 g/mol. The molecule has 0 atom stereocenters. The molecule has 0 spiro atoms. The van der Waals surface area contributed by atoms with Gasteiger partial charge in [0.05, 0.1) is 0 Å². The molecule has 0 fully saturated rings. The summed E-state index contributed by atoms with van der Waals surface area (Å²) in [7, 11) is 0. The Labute approximate surface area is 140 Å². The Hall–Kier alpha value is -2.27. The minimum absolute atomic E-state index is 0.686. The SMILES string of the molecule is C=CCSc1nnc(-c2ccc3[nH]c(C)c(C)c3c2)n1CC=C. The fourth-order valence-corrected chi connectivity index (χ4v) is 3.32. The van der Waals surface area contributed by atoms with Gasteiger partial charge >= 0.3 is 0 Å². The van der Waals surface area contributed by atoms with Gasteiger partial charge in [-0.25, -0.2) is 0 Å². The molecule has 0 bridgehead atoms. The van der Waals surface area contributed by atoms with Gasteiger partial charge in [0.2, 0.25) is 0 Å². The number of hydrogen-bond acceptors (Lipinski definition) is 3. The van der Waals surface area contributed by atoms with E-state index < -0.39 is 0 Å². The second-order valence-electron chi connectivity index (χ2n) is 5.44. The molecule has 118 valence electrons. The van der Waals surface area contributed by atoms with Crippen LogP contribution in [0, 0.1) is 13.8 Å². The average Bonchev–Trinajstić information content (AvgIpc) is 3.07. The number of hydrogen-bond donors (Lipinski definition) is 1. The second kappa shape index (κ2) is 6.46. The van der Waals surface area contributed by atoms with Gasteiger partial charge in [0.1, 0.15) is 0 Å². The highest BCUT2D eigenvalue weighted by atomic mass is 32.2. The maximum absolute atomic E-state index is 4.40. The lowest BCUT2D eigenvalue weighted by atomic mass is 10.1. The van der Waals surface area contributed by atoms with Crippen LogP contribution in [0.4, 0.5) is 0 Å². The molecular formula is C18H20N4S. The summed E-state index contributed by atoms with van der Waals surface area (Å²) < 4.78 is 2.09. The quantitative estimate of drug-likeness (QED) is 0.536. The van der Waals surface area contributed by atoms with E-state index in [2.05, 4.69) is 65.0 Å². The number of rotatable bonds is 6. The van der Waals surface area contributed by atoms with Gasteiger partial charge in [-0.2, -0.15) is 0 Å². The fraction of sp³-hybridized carbons (Fsp3) is 0.222. The lowest BCUT2D eigenvalue weighted by Crippen LogP contribution is -2.00. The molecule has 0 amide bonds. The van der Waals surface area contributed by atoms with Gasteiger partial charge in [0, 0.05) is 34.5 Å². The number of fused-ring (bicyclic) bond motifs is 1. The van der Waals surface area contributed by atoms with Crippen molar-refractivity contribution in [2.75, 3.05) is 5.75 Å². The first-order chi connectivity index (χ1) is 11.2. The summed E-state index contributed by atoms with van der Waals surface area (Å²) in [4.78, 5) is 3.40. The smallest absolute Gasteiger partial charge is 0.192 e. The van der Waals surface area contributed by atoms with Crippen molar-refractivity contribution in [2.45, 2.75) is 25.5 Å². The minimum Gasteiger partial charge on any atom is -0.358 e. The van der Waals surface area contributed by atoms with Crippen LogP contribution in [0.25, 0.3) is 22.3 Å². The minimum atomic E-state index is 0.686. The predicted octanol–water partition coefficient (Wildman–Crippen LogP) is 4.51. The standard InChI is InChI=1S/C18H20N4S/c1-5-9-22-17(20-21-18(22)23-10-6-2)14-7-8-16-15(11-14)12(3)13(4)19-16/h5-8,11,19H,1-2,9-10H2,3-4H3. The van der Waals surface area contributed by atoms with Gasteiger partial charge in [-0.3, -0.25) is 4.57 Å². The van der Waals surface area contributed by atoms with Crippen molar-refractivity contribution < 1.29 is 0 Å². The summed E-state index contributed by atoms with van der Waals surface area (Å²) in [5.74, 6) is 1.68. The van der Waals surface area contributed by atoms with Gasteiger partial charge in [0.15, 0.2) is 11.0 Å². The Balaban J connectivity index is 2.10. The van der Waals surface area contributed by atoms with E-state index >= 15 is 0 Å². The molecule has 2 aromatic heterocycles. The summed E-state index contributed by atoms with van der Waals surface area (Å²) in [5.41, 5.74) is 4.70. The van der Waals surface area contributed by atoms with Crippen LogP contribution in [-0.4, -0.2) is 25.5 Å². The predicted molar refractivity (Wildman–Crippen MR) is 97.9 cm³/mol. The Morgan fingerprint density at radius 2 is 2.04 bits per heavy atom. The van der Waals surface area contributed by atoms with E-state index in [-0.39, 0.29) is 0 Å². The van der Waals surface area contributed by atoms with Crippen LogP contribution < -0.4 is 0 Å². The van der Waals surface area contributed by atoms with E-state index in [9.17, 15) is 0 Å². The van der Waals surface area contributed by atoms with E-state index in [4.69, 9.17) is 0 Å². The summed E-state index contributed by atoms with van der Waals surface area (Å²) in [5, 5.41) is 10.9. The Morgan fingerprint density at radius 1 is 1.22 bits per heavy atom. The zero-order valence-corrected chi connectivity index (χ0v) is 14.3. The molecule has 0 radical (unpaired) electrons. The highest BCUT2D eigenvalue weighted by molar-refractivity contribution is 7.99. The summed E-state index contributed by atoms with van der Waals surface area (Å²) in [6.07, 6.45) is 3.74. The van der Waals surface area contributed by atoms with Crippen LogP contribution in [-0.2, 0) is 6.54 Å². The Kier molecular flexibility index (Phi) is 4.39. The number of thioether (sulfide) groups is 1. The first kappa shape index (κ1) is 15.6. The molecule has 0 saturated heterocycles. The van der Waals surface area contributed by atoms with Gasteiger partial charge in [-0.15, -0.1) is 23.4 Å². The van der Waals surface area contributed by atoms with Gasteiger partial charge in [0.25, 0.3) is 0 Å². The highest BCUT2D eigenvalue weighted by Crippen LogP contribution is 2.29. The van der Waals surface area contributed by atoms with Crippen molar-refractivity contribution in [2.24, 2.45) is 0 Å². The van der Waals surface area contributed by atoms with Crippen LogP contribution in [0.3, 0.4) is 0 Å². The highest BCUT2D eigenvalue weighted by Gasteiger charge is 2.14. The summed E-state index contributed by atoms with van der Waals surface area (Å²) >= 11 is 1.63. The Bertz CT molecular complexity index is 873. The Morgan fingerprint density at radius 3 is 2.78 bits per heavy atom. The molecule has 0 saturated carbocycles. The van der Waals surface area contributed by atoms with Crippen molar-refractivity contribution in [3.8, 4) is 11.4 Å². The molecule has 1 N–H and O–H groups in total. The summed E-state index contributed by atoms with van der Waals surface area (Å²) in [6, 6.07) is 6.37. The van der Waals surface area contributed by atoms with E-state index in [1.54, 1.807) is 11.8 Å². The van der Waals surface area contributed by atoms with Crippen LogP contribution in [0.1, 0.15) is 11.3 Å². The lowest BCUT2D eigenvalue weighted by molar-refractivity contribution is 0.732. The van der Waals surface area contributed by atoms with Crippen molar-refractivity contribution in [1.29, 1.82) is 0 Å². The van der Waals surface area contributed by atoms with E-state index in [1.807, 2.05) is 12.2 Å². The second-order valence-corrected chi connectivity index (χ2v) is 6.43. The third-order valence-corrected chi connectivity index (χ3v) is 4.89. The topological polar surface area (TPSA) is 46.5 Å². The maximum atomic E-state index is 4.40. The van der Waals surface area contributed by atoms with E-state index in [0.29, 0.717) is 6.54 Å². The van der Waals surface area contributed by atoms with Gasteiger partial charge in [-0.1, -0.05) is 23.9 Å². The zero-order valence-electron chi connectivity index (χ0n) is 13.5. The normalized spacial score (nSPS) is 11.0. The number of nitrogens with zero attached hydrogens (tertiary/aromatic N) is 3. The fourth-order valence-electron chi connectivity index (χ4n) is 2.64. The van der Waals surface area contributed by atoms with E-state index in [1.165, 1.54) is 16.6 Å². The number of aromatic amines is 1. The number of benzene rings is 1. The van der Waals surface area contributed by atoms with Crippen LogP contribution in [0.2, 0.25) is 0 Å². The van der Waals surface area contributed by atoms with Gasteiger partial charge in [-0.05, 0) is 37.6 Å². The average molecular weight is 324 g/mol. The molecule has 3 aromatic rings. The molecule has 1 aromatic carbocycles.